The van der Waals surface area contributed by atoms with Crippen LogP contribution in [0.1, 0.15) is 26.7 Å². The molecular weight excluding hydrogens is 170 g/mol. The molecule has 0 fully saturated rings. The van der Waals surface area contributed by atoms with E-state index < -0.39 is 5.41 Å². The monoisotopic (exact) mass is 187 g/mol. The van der Waals surface area contributed by atoms with Gasteiger partial charge in [0.15, 0.2) is 0 Å². The Bertz CT molecular complexity index is 179. The molecule has 0 radical (unpaired) electrons. The van der Waals surface area contributed by atoms with Gasteiger partial charge in [-0.3, -0.25) is 4.79 Å². The van der Waals surface area contributed by atoms with Crippen LogP contribution in [0.4, 0.5) is 0 Å². The largest absolute Gasteiger partial charge is 0.369 e. The van der Waals surface area contributed by atoms with Crippen LogP contribution in [0.5, 0.6) is 0 Å². The highest BCUT2D eigenvalue weighted by molar-refractivity contribution is 7.81. The summed E-state index contributed by atoms with van der Waals surface area (Å²) < 4.78 is 0. The lowest BCUT2D eigenvalue weighted by Gasteiger charge is -2.31. The summed E-state index contributed by atoms with van der Waals surface area (Å²) >= 11 is 4.28. The third kappa shape index (κ3) is 2.03. The zero-order valence-corrected chi connectivity index (χ0v) is 8.60. The van der Waals surface area contributed by atoms with E-state index in [1.165, 1.54) is 0 Å². The van der Waals surface area contributed by atoms with Crippen molar-refractivity contribution in [3.63, 3.8) is 0 Å². The Labute approximate surface area is 79.6 Å². The van der Waals surface area contributed by atoms with Crippen molar-refractivity contribution in [3.8, 4) is 0 Å². The van der Waals surface area contributed by atoms with Gasteiger partial charge in [-0.05, 0) is 12.8 Å². The van der Waals surface area contributed by atoms with E-state index in [9.17, 15) is 4.79 Å². The summed E-state index contributed by atoms with van der Waals surface area (Å²) in [6.07, 6.45) is 3.03. The Morgan fingerprint density at radius 3 is 2.42 bits per heavy atom. The van der Waals surface area contributed by atoms with Crippen molar-refractivity contribution in [2.75, 3.05) is 0 Å². The summed E-state index contributed by atoms with van der Waals surface area (Å²) in [5.41, 5.74) is 4.81. The van der Waals surface area contributed by atoms with E-state index in [-0.39, 0.29) is 11.2 Å². The Hall–Kier alpha value is -0.440. The molecule has 0 aliphatic rings. The molecule has 2 atom stereocenters. The highest BCUT2D eigenvalue weighted by Gasteiger charge is 2.37. The zero-order chi connectivity index (χ0) is 9.78. The Morgan fingerprint density at radius 1 is 1.83 bits per heavy atom. The molecule has 0 aliphatic carbocycles. The fourth-order valence-corrected chi connectivity index (χ4v) is 1.76. The Kier molecular flexibility index (Phi) is 4.39. The van der Waals surface area contributed by atoms with Crippen LogP contribution < -0.4 is 5.73 Å². The first-order valence-electron chi connectivity index (χ1n) is 4.10. The second-order valence-corrected chi connectivity index (χ2v) is 3.82. The van der Waals surface area contributed by atoms with Crippen molar-refractivity contribution < 1.29 is 4.79 Å². The third-order valence-corrected chi connectivity index (χ3v) is 2.92. The molecule has 70 valence electrons. The predicted octanol–water partition coefficient (Wildman–Crippen LogP) is 1.76. The van der Waals surface area contributed by atoms with Gasteiger partial charge < -0.3 is 5.73 Å². The standard InChI is InChI=1S/C9H17NOS/c1-4-6-9(5-2,7(3)12)8(10)11/h4,7,12H,1,5-6H2,2-3H3,(H2,10,11). The van der Waals surface area contributed by atoms with Crippen LogP contribution in [-0.2, 0) is 4.79 Å². The number of rotatable bonds is 5. The van der Waals surface area contributed by atoms with Crippen LogP contribution in [0.3, 0.4) is 0 Å². The first-order valence-corrected chi connectivity index (χ1v) is 4.61. The summed E-state index contributed by atoms with van der Waals surface area (Å²) in [6.45, 7) is 7.45. The summed E-state index contributed by atoms with van der Waals surface area (Å²) in [4.78, 5) is 11.2. The topological polar surface area (TPSA) is 43.1 Å². The van der Waals surface area contributed by atoms with E-state index in [1.807, 2.05) is 13.8 Å². The van der Waals surface area contributed by atoms with Crippen LogP contribution in [0.25, 0.3) is 0 Å². The fraction of sp³-hybridized carbons (Fsp3) is 0.667. The van der Waals surface area contributed by atoms with Gasteiger partial charge in [-0.2, -0.15) is 12.6 Å². The molecule has 0 aromatic carbocycles. The number of thiol groups is 1. The fourth-order valence-electron chi connectivity index (χ4n) is 1.35. The lowest BCUT2D eigenvalue weighted by atomic mass is 9.78. The van der Waals surface area contributed by atoms with Gasteiger partial charge >= 0.3 is 0 Å². The van der Waals surface area contributed by atoms with E-state index in [2.05, 4.69) is 19.2 Å². The van der Waals surface area contributed by atoms with Gasteiger partial charge in [0.25, 0.3) is 0 Å². The highest BCUT2D eigenvalue weighted by atomic mass is 32.1. The summed E-state index contributed by atoms with van der Waals surface area (Å²) in [5, 5.41) is -0.0296. The molecule has 3 heteroatoms. The van der Waals surface area contributed by atoms with Gasteiger partial charge in [-0.1, -0.05) is 19.9 Å². The van der Waals surface area contributed by atoms with Crippen molar-refractivity contribution >= 4 is 18.5 Å². The molecule has 0 saturated carbocycles. The summed E-state index contributed by atoms with van der Waals surface area (Å²) in [5.74, 6) is -0.285. The van der Waals surface area contributed by atoms with Crippen molar-refractivity contribution in [3.05, 3.63) is 12.7 Å². The number of hydrogen-bond acceptors (Lipinski definition) is 2. The molecular formula is C9H17NOS. The van der Waals surface area contributed by atoms with Crippen molar-refractivity contribution in [2.45, 2.75) is 31.9 Å². The molecule has 0 aliphatic heterocycles. The lowest BCUT2D eigenvalue weighted by Crippen LogP contribution is -2.42. The molecule has 12 heavy (non-hydrogen) atoms. The number of amides is 1. The zero-order valence-electron chi connectivity index (χ0n) is 7.71. The number of nitrogens with two attached hydrogens (primary N) is 1. The van der Waals surface area contributed by atoms with Crippen LogP contribution in [0.2, 0.25) is 0 Å². The smallest absolute Gasteiger partial charge is 0.225 e. The van der Waals surface area contributed by atoms with E-state index in [0.717, 1.165) is 0 Å². The molecule has 2 unspecified atom stereocenters. The maximum atomic E-state index is 11.2. The third-order valence-electron chi connectivity index (χ3n) is 2.43. The van der Waals surface area contributed by atoms with Gasteiger partial charge in [-0.15, -0.1) is 6.58 Å². The molecule has 0 rings (SSSR count). The quantitative estimate of drug-likeness (QED) is 0.500. The lowest BCUT2D eigenvalue weighted by molar-refractivity contribution is -0.127. The minimum absolute atomic E-state index is 0.0296. The molecule has 1 amide bonds. The molecule has 2 N–H and O–H groups in total. The summed E-state index contributed by atoms with van der Waals surface area (Å²) in [6, 6.07) is 0. The summed E-state index contributed by atoms with van der Waals surface area (Å²) in [7, 11) is 0. The van der Waals surface area contributed by atoms with E-state index in [1.54, 1.807) is 6.08 Å². The van der Waals surface area contributed by atoms with Crippen LogP contribution in [0, 0.1) is 5.41 Å². The molecule has 0 aromatic rings. The Balaban J connectivity index is 4.74. The first-order chi connectivity index (χ1) is 5.51. The normalized spacial score (nSPS) is 17.9. The minimum atomic E-state index is -0.523. The predicted molar refractivity (Wildman–Crippen MR) is 55.2 cm³/mol. The second kappa shape index (κ2) is 4.55. The average Bonchev–Trinajstić information content (AvgIpc) is 1.98. The van der Waals surface area contributed by atoms with Crippen LogP contribution in [-0.4, -0.2) is 11.2 Å². The Morgan fingerprint density at radius 2 is 2.33 bits per heavy atom. The molecule has 0 spiro atoms. The molecule has 0 bridgehead atoms. The van der Waals surface area contributed by atoms with Gasteiger partial charge in [0.1, 0.15) is 0 Å². The number of hydrogen-bond donors (Lipinski definition) is 2. The van der Waals surface area contributed by atoms with E-state index in [0.29, 0.717) is 12.8 Å². The van der Waals surface area contributed by atoms with Gasteiger partial charge in [0.2, 0.25) is 5.91 Å². The van der Waals surface area contributed by atoms with Crippen molar-refractivity contribution in [2.24, 2.45) is 11.1 Å². The van der Waals surface area contributed by atoms with Crippen LogP contribution >= 0.6 is 12.6 Å². The van der Waals surface area contributed by atoms with Crippen molar-refractivity contribution in [1.29, 1.82) is 0 Å². The highest BCUT2D eigenvalue weighted by Crippen LogP contribution is 2.33. The van der Waals surface area contributed by atoms with Gasteiger partial charge in [0.05, 0.1) is 5.41 Å². The molecule has 0 heterocycles. The average molecular weight is 187 g/mol. The van der Waals surface area contributed by atoms with E-state index in [4.69, 9.17) is 5.73 Å². The van der Waals surface area contributed by atoms with E-state index >= 15 is 0 Å². The number of primary amides is 1. The van der Waals surface area contributed by atoms with Gasteiger partial charge in [-0.25, -0.2) is 0 Å². The molecule has 2 nitrogen and oxygen atoms in total. The number of allylic oxidation sites excluding steroid dienone is 1. The second-order valence-electron chi connectivity index (χ2n) is 3.04. The first kappa shape index (κ1) is 11.6. The molecule has 0 aromatic heterocycles. The van der Waals surface area contributed by atoms with Gasteiger partial charge in [0, 0.05) is 5.25 Å². The maximum Gasteiger partial charge on any atom is 0.225 e. The number of carbonyl (C=O) groups is 1. The maximum absolute atomic E-state index is 11.2. The van der Waals surface area contributed by atoms with Crippen molar-refractivity contribution in [1.82, 2.24) is 0 Å². The molecule has 0 saturated heterocycles. The van der Waals surface area contributed by atoms with Crippen LogP contribution in [0.15, 0.2) is 12.7 Å². The minimum Gasteiger partial charge on any atom is -0.369 e. The SMILES string of the molecule is C=CCC(CC)(C(N)=O)C(C)S. The number of carbonyl (C=O) groups excluding carboxylic acids is 1.